The van der Waals surface area contributed by atoms with Crippen LogP contribution in [0.25, 0.3) is 5.57 Å². The fourth-order valence-electron chi connectivity index (χ4n) is 1.80. The lowest BCUT2D eigenvalue weighted by Gasteiger charge is -1.83. The zero-order valence-electron chi connectivity index (χ0n) is 14.4. The highest BCUT2D eigenvalue weighted by atomic mass is 14.7. The third-order valence-corrected chi connectivity index (χ3v) is 2.79. The van der Waals surface area contributed by atoms with Crippen LogP contribution in [0.2, 0.25) is 0 Å². The second kappa shape index (κ2) is 11.9. The Balaban J connectivity index is 0.000000321. The number of benzene rings is 2. The molecule has 0 amide bonds. The monoisotopic (exact) mass is 283 g/mol. The molecule has 1 aliphatic rings. The van der Waals surface area contributed by atoms with E-state index in [2.05, 4.69) is 49.2 Å². The highest BCUT2D eigenvalue weighted by molar-refractivity contribution is 5.45. The van der Waals surface area contributed by atoms with E-state index in [0.717, 1.165) is 11.9 Å². The summed E-state index contributed by atoms with van der Waals surface area (Å²) in [5, 5.41) is 2.47. The van der Waals surface area contributed by atoms with E-state index in [1.54, 1.807) is 0 Å². The molecule has 21 heavy (non-hydrogen) atoms. The van der Waals surface area contributed by atoms with Crippen molar-refractivity contribution in [2.24, 2.45) is 4.99 Å². The summed E-state index contributed by atoms with van der Waals surface area (Å²) in [5.41, 5.74) is 2.71. The highest BCUT2D eigenvalue weighted by Crippen LogP contribution is 1.93. The van der Waals surface area contributed by atoms with Gasteiger partial charge in [0.1, 0.15) is 0 Å². The van der Waals surface area contributed by atoms with Crippen LogP contribution < -0.4 is 10.6 Å². The molecule has 0 atom stereocenters. The quantitative estimate of drug-likeness (QED) is 0.673. The van der Waals surface area contributed by atoms with E-state index >= 15 is 0 Å². The first kappa shape index (κ1) is 19.1. The molecule has 3 rings (SSSR count). The van der Waals surface area contributed by atoms with Crippen molar-refractivity contribution >= 4 is 5.57 Å². The minimum absolute atomic E-state index is 0.888. The molecule has 0 N–H and O–H groups in total. The van der Waals surface area contributed by atoms with E-state index in [0.29, 0.717) is 0 Å². The number of nitrogens with zero attached hydrogens (tertiary/aromatic N) is 1. The molecule has 0 spiro atoms. The van der Waals surface area contributed by atoms with Crippen LogP contribution in [0, 0.1) is 6.92 Å². The maximum atomic E-state index is 4.34. The van der Waals surface area contributed by atoms with Gasteiger partial charge in [-0.15, -0.1) is 0 Å². The molecule has 1 aliphatic heterocycles. The maximum Gasteiger partial charge on any atom is 0.0650 e. The molecular formula is C20H29N. The van der Waals surface area contributed by atoms with Gasteiger partial charge in [0.15, 0.2) is 0 Å². The number of hydrogen-bond acceptors (Lipinski definition) is 1. The average molecular weight is 283 g/mol. The Kier molecular flexibility index (Phi) is 10.8. The number of fused-ring (bicyclic) bond motifs is 1. The minimum atomic E-state index is 0.888. The summed E-state index contributed by atoms with van der Waals surface area (Å²) < 4.78 is 0. The molecule has 0 radical (unpaired) electrons. The molecule has 0 aromatic heterocycles. The van der Waals surface area contributed by atoms with Crippen LogP contribution in [0.5, 0.6) is 0 Å². The lowest BCUT2D eigenvalue weighted by Crippen LogP contribution is -2.21. The van der Waals surface area contributed by atoms with Crippen molar-refractivity contribution in [3.8, 4) is 0 Å². The molecule has 2 aromatic rings. The van der Waals surface area contributed by atoms with Gasteiger partial charge < -0.3 is 0 Å². The van der Waals surface area contributed by atoms with Crippen molar-refractivity contribution in [1.82, 2.24) is 0 Å². The third kappa shape index (κ3) is 6.89. The van der Waals surface area contributed by atoms with Crippen LogP contribution in [0.1, 0.15) is 40.2 Å². The van der Waals surface area contributed by atoms with E-state index in [4.69, 9.17) is 0 Å². The molecule has 114 valence electrons. The number of aryl methyl sites for hydroxylation is 1. The van der Waals surface area contributed by atoms with Gasteiger partial charge >= 0.3 is 0 Å². The molecule has 0 saturated heterocycles. The van der Waals surface area contributed by atoms with Gasteiger partial charge in [-0.2, -0.15) is 0 Å². The van der Waals surface area contributed by atoms with Crippen LogP contribution in [0.4, 0.5) is 0 Å². The largest absolute Gasteiger partial charge is 0.280 e. The van der Waals surface area contributed by atoms with Gasteiger partial charge in [-0.05, 0) is 25.5 Å². The topological polar surface area (TPSA) is 12.4 Å². The fraction of sp³-hybridized carbons (Fsp3) is 0.350. The van der Waals surface area contributed by atoms with E-state index in [9.17, 15) is 0 Å². The van der Waals surface area contributed by atoms with Gasteiger partial charge in [-0.3, -0.25) is 4.99 Å². The summed E-state index contributed by atoms with van der Waals surface area (Å²) in [4.78, 5) is 4.34. The third-order valence-electron chi connectivity index (χ3n) is 2.79. The van der Waals surface area contributed by atoms with E-state index in [-0.39, 0.29) is 0 Å². The predicted octanol–water partition coefficient (Wildman–Crippen LogP) is 4.54. The Morgan fingerprint density at radius 1 is 0.714 bits per heavy atom. The smallest absolute Gasteiger partial charge is 0.0650 e. The SMILES string of the molecule is CC.CC.CC1=c2ccccc2=NC1.Cc1ccccc1. The fourth-order valence-corrected chi connectivity index (χ4v) is 1.80. The van der Waals surface area contributed by atoms with Crippen LogP contribution in [0.3, 0.4) is 0 Å². The van der Waals surface area contributed by atoms with Crippen LogP contribution in [-0.4, -0.2) is 6.54 Å². The molecule has 1 nitrogen and oxygen atoms in total. The maximum absolute atomic E-state index is 4.34. The Hall–Kier alpha value is -1.89. The lowest BCUT2D eigenvalue weighted by atomic mass is 10.2. The first-order valence-corrected chi connectivity index (χ1v) is 7.88. The van der Waals surface area contributed by atoms with E-state index in [1.807, 2.05) is 52.0 Å². The molecule has 0 fully saturated rings. The summed E-state index contributed by atoms with van der Waals surface area (Å²) in [6.45, 7) is 13.1. The van der Waals surface area contributed by atoms with Gasteiger partial charge in [0, 0.05) is 5.22 Å². The number of hydrogen-bond donors (Lipinski definition) is 0. The average Bonchev–Trinajstić information content (AvgIpc) is 2.95. The van der Waals surface area contributed by atoms with Gasteiger partial charge in [-0.1, -0.05) is 81.8 Å². The Morgan fingerprint density at radius 3 is 1.71 bits per heavy atom. The van der Waals surface area contributed by atoms with E-state index < -0.39 is 0 Å². The van der Waals surface area contributed by atoms with Crippen molar-refractivity contribution in [1.29, 1.82) is 0 Å². The Bertz CT molecular complexity index is 597. The van der Waals surface area contributed by atoms with Gasteiger partial charge in [0.05, 0.1) is 11.9 Å². The van der Waals surface area contributed by atoms with Gasteiger partial charge in [0.25, 0.3) is 0 Å². The molecule has 1 heterocycles. The molecular weight excluding hydrogens is 254 g/mol. The molecule has 1 heteroatoms. The molecule has 0 unspecified atom stereocenters. The summed E-state index contributed by atoms with van der Waals surface area (Å²) in [6.07, 6.45) is 0. The van der Waals surface area contributed by atoms with Crippen molar-refractivity contribution in [2.75, 3.05) is 6.54 Å². The summed E-state index contributed by atoms with van der Waals surface area (Å²) in [5.74, 6) is 0. The summed E-state index contributed by atoms with van der Waals surface area (Å²) in [7, 11) is 0. The lowest BCUT2D eigenvalue weighted by molar-refractivity contribution is 1.20. The van der Waals surface area contributed by atoms with Crippen LogP contribution in [0.15, 0.2) is 59.6 Å². The number of para-hydroxylation sites is 1. The zero-order valence-corrected chi connectivity index (χ0v) is 14.4. The Labute approximate surface area is 130 Å². The van der Waals surface area contributed by atoms with Crippen molar-refractivity contribution < 1.29 is 0 Å². The van der Waals surface area contributed by atoms with Crippen molar-refractivity contribution in [3.05, 3.63) is 70.7 Å². The van der Waals surface area contributed by atoms with Gasteiger partial charge in [-0.25, -0.2) is 0 Å². The van der Waals surface area contributed by atoms with E-state index in [1.165, 1.54) is 16.4 Å². The number of rotatable bonds is 0. The van der Waals surface area contributed by atoms with Crippen LogP contribution in [-0.2, 0) is 0 Å². The molecule has 0 aliphatic carbocycles. The standard InChI is InChI=1S/C9H9N.C7H8.2C2H6/c1-7-6-10-9-5-3-2-4-8(7)9;1-7-5-3-2-4-6-7;2*1-2/h2-5H,6H2,1H3;2-6H,1H3;2*1-2H3. The molecule has 0 bridgehead atoms. The first-order chi connectivity index (χ1) is 10.3. The normalized spacial score (nSPS) is 10.5. The Morgan fingerprint density at radius 2 is 1.24 bits per heavy atom. The first-order valence-electron chi connectivity index (χ1n) is 7.88. The zero-order chi connectivity index (χ0) is 16.1. The molecule has 0 saturated carbocycles. The summed E-state index contributed by atoms with van der Waals surface area (Å²) in [6, 6.07) is 18.5. The summed E-state index contributed by atoms with van der Waals surface area (Å²) >= 11 is 0. The second-order valence-electron chi connectivity index (χ2n) is 4.27. The second-order valence-corrected chi connectivity index (χ2v) is 4.27. The van der Waals surface area contributed by atoms with Gasteiger partial charge in [0.2, 0.25) is 0 Å². The highest BCUT2D eigenvalue weighted by Gasteiger charge is 1.97. The minimum Gasteiger partial charge on any atom is -0.280 e. The van der Waals surface area contributed by atoms with Crippen molar-refractivity contribution in [3.63, 3.8) is 0 Å². The van der Waals surface area contributed by atoms with Crippen molar-refractivity contribution in [2.45, 2.75) is 41.5 Å². The molecule has 2 aromatic carbocycles. The predicted molar refractivity (Wildman–Crippen MR) is 95.0 cm³/mol. The van der Waals surface area contributed by atoms with Crippen LogP contribution >= 0.6 is 0 Å².